The highest BCUT2D eigenvalue weighted by atomic mass is 16.2. The van der Waals surface area contributed by atoms with E-state index in [1.54, 1.807) is 47.6 Å². The first kappa shape index (κ1) is 34.9. The molecule has 0 radical (unpaired) electrons. The van der Waals surface area contributed by atoms with Crippen molar-refractivity contribution in [2.24, 2.45) is 0 Å². The summed E-state index contributed by atoms with van der Waals surface area (Å²) >= 11 is 0. The largest absolute Gasteiger partial charge is 0.385 e. The molecule has 6 heterocycles. The summed E-state index contributed by atoms with van der Waals surface area (Å²) in [5.41, 5.74) is 11.7. The van der Waals surface area contributed by atoms with Gasteiger partial charge in [0.25, 0.3) is 11.8 Å². The number of carbonyl (C=O) groups is 4. The normalized spacial score (nSPS) is 18.6. The van der Waals surface area contributed by atoms with Crippen LogP contribution in [0.4, 0.5) is 17.3 Å². The average molecular weight is 727 g/mol. The molecule has 3 aliphatic heterocycles. The number of amides is 4. The number of anilines is 3. The first-order valence-electron chi connectivity index (χ1n) is 18.6. The molecule has 0 spiro atoms. The fraction of sp³-hybridized carbons (Fsp3) is 0.325. The van der Waals surface area contributed by atoms with Crippen molar-refractivity contribution in [2.75, 3.05) is 36.0 Å². The summed E-state index contributed by atoms with van der Waals surface area (Å²) in [6.07, 6.45) is 10.9. The van der Waals surface area contributed by atoms with Gasteiger partial charge in [-0.3, -0.25) is 33.8 Å². The number of aromatic nitrogens is 4. The number of imidazole rings is 1. The minimum atomic E-state index is -0.629. The van der Waals surface area contributed by atoms with Gasteiger partial charge in [-0.15, -0.1) is 0 Å². The summed E-state index contributed by atoms with van der Waals surface area (Å²) < 4.78 is 2.07. The van der Waals surface area contributed by atoms with Crippen molar-refractivity contribution in [1.29, 1.82) is 0 Å². The number of likely N-dealkylation sites (tertiary alicyclic amines) is 1. The zero-order valence-electron chi connectivity index (χ0n) is 29.8. The van der Waals surface area contributed by atoms with Crippen LogP contribution in [-0.2, 0) is 16.1 Å². The Bertz CT molecular complexity index is 2220. The number of piperidine rings is 1. The van der Waals surface area contributed by atoms with Crippen LogP contribution in [0.3, 0.4) is 0 Å². The Hall–Kier alpha value is -6.15. The number of pyridine rings is 1. The maximum Gasteiger partial charge on any atom is 0.256 e. The molecule has 5 aromatic rings. The predicted octanol–water partition coefficient (Wildman–Crippen LogP) is 4.81. The number of imide groups is 1. The summed E-state index contributed by atoms with van der Waals surface area (Å²) in [4.78, 5) is 68.0. The molecule has 14 heteroatoms. The number of rotatable bonds is 12. The van der Waals surface area contributed by atoms with E-state index in [0.29, 0.717) is 35.7 Å². The number of nitrogens with one attached hydrogen (secondary N) is 3. The van der Waals surface area contributed by atoms with Gasteiger partial charge in [-0.1, -0.05) is 30.7 Å². The molecule has 0 bridgehead atoms. The number of nitrogen functional groups attached to an aromatic ring is 1. The standard InChI is InChI=1S/C40H42N10O4/c41-36-35-34(25-12-14-26(15-13-25)38(52)45-32-11-2-4-19-43-32)47-37(49(35)23-20-44-36)30-10-7-22-48(30)21-5-1-3-18-42-29-9-6-8-27-28(29)24-50(40(27)54)31-16-17-33(51)46-39(31)53/h2,4,6,8-9,11-15,19-20,23,30-31,42H,1,3,5,7,10,16-18,21-22,24H2,(H2,41,44)(H,43,45,52)(H,46,51,53)/t30-,31?/m0/s1. The maximum atomic E-state index is 13.2. The maximum absolute atomic E-state index is 13.2. The van der Waals surface area contributed by atoms with Crippen molar-refractivity contribution in [3.8, 4) is 11.3 Å². The molecular weight excluding hydrogens is 685 g/mol. The zero-order chi connectivity index (χ0) is 37.2. The first-order chi connectivity index (χ1) is 26.4. The fourth-order valence-electron chi connectivity index (χ4n) is 7.91. The Morgan fingerprint density at radius 2 is 1.80 bits per heavy atom. The summed E-state index contributed by atoms with van der Waals surface area (Å²) in [7, 11) is 0. The minimum absolute atomic E-state index is 0.131. The Labute approximate surface area is 312 Å². The van der Waals surface area contributed by atoms with E-state index in [1.807, 2.05) is 36.5 Å². The monoisotopic (exact) mass is 726 g/mol. The average Bonchev–Trinajstić information content (AvgIpc) is 3.90. The lowest BCUT2D eigenvalue weighted by atomic mass is 10.0. The van der Waals surface area contributed by atoms with Gasteiger partial charge < -0.3 is 21.3 Å². The van der Waals surface area contributed by atoms with Gasteiger partial charge in [0.15, 0.2) is 0 Å². The van der Waals surface area contributed by atoms with Crippen molar-refractivity contribution < 1.29 is 19.2 Å². The van der Waals surface area contributed by atoms with Gasteiger partial charge in [-0.25, -0.2) is 15.0 Å². The molecule has 276 valence electrons. The van der Waals surface area contributed by atoms with Crippen LogP contribution in [0, 0.1) is 0 Å². The Balaban J connectivity index is 0.881. The Kier molecular flexibility index (Phi) is 9.74. The van der Waals surface area contributed by atoms with Gasteiger partial charge in [0, 0.05) is 66.0 Å². The van der Waals surface area contributed by atoms with Crippen LogP contribution in [0.1, 0.15) is 83.1 Å². The van der Waals surface area contributed by atoms with E-state index in [1.165, 1.54) is 0 Å². The molecule has 1 unspecified atom stereocenters. The van der Waals surface area contributed by atoms with Crippen molar-refractivity contribution in [3.63, 3.8) is 0 Å². The van der Waals surface area contributed by atoms with Gasteiger partial charge in [-0.2, -0.15) is 0 Å². The second-order valence-corrected chi connectivity index (χ2v) is 14.0. The molecule has 2 atom stereocenters. The number of unbranched alkanes of at least 4 members (excludes halogenated alkanes) is 2. The summed E-state index contributed by atoms with van der Waals surface area (Å²) in [5, 5.41) is 8.72. The molecular formula is C40H42N10O4. The van der Waals surface area contributed by atoms with E-state index < -0.39 is 11.9 Å². The molecule has 4 amide bonds. The number of hydrogen-bond acceptors (Lipinski definition) is 10. The second-order valence-electron chi connectivity index (χ2n) is 14.0. The molecule has 8 rings (SSSR count). The Morgan fingerprint density at radius 1 is 0.926 bits per heavy atom. The fourth-order valence-corrected chi connectivity index (χ4v) is 7.91. The molecule has 14 nitrogen and oxygen atoms in total. The molecule has 0 aliphatic carbocycles. The van der Waals surface area contributed by atoms with E-state index in [4.69, 9.17) is 10.7 Å². The number of nitrogens with zero attached hydrogens (tertiary/aromatic N) is 6. The lowest BCUT2D eigenvalue weighted by molar-refractivity contribution is -0.136. The summed E-state index contributed by atoms with van der Waals surface area (Å²) in [6, 6.07) is 17.9. The Morgan fingerprint density at radius 3 is 2.61 bits per heavy atom. The third-order valence-corrected chi connectivity index (χ3v) is 10.6. The van der Waals surface area contributed by atoms with Crippen LogP contribution >= 0.6 is 0 Å². The van der Waals surface area contributed by atoms with Crippen molar-refractivity contribution in [1.82, 2.24) is 34.5 Å². The molecule has 5 N–H and O–H groups in total. The molecule has 3 aliphatic rings. The quantitative estimate of drug-likeness (QED) is 0.103. The van der Waals surface area contributed by atoms with Gasteiger partial charge in [0.1, 0.15) is 34.7 Å². The predicted molar refractivity (Wildman–Crippen MR) is 203 cm³/mol. The van der Waals surface area contributed by atoms with E-state index in [-0.39, 0.29) is 30.2 Å². The van der Waals surface area contributed by atoms with Crippen LogP contribution in [0.15, 0.2) is 79.3 Å². The van der Waals surface area contributed by atoms with Crippen LogP contribution in [-0.4, -0.2) is 78.5 Å². The van der Waals surface area contributed by atoms with E-state index in [2.05, 4.69) is 35.2 Å². The number of benzene rings is 2. The van der Waals surface area contributed by atoms with Crippen molar-refractivity contribution in [3.05, 3.63) is 102 Å². The highest BCUT2D eigenvalue weighted by Gasteiger charge is 2.40. The molecule has 54 heavy (non-hydrogen) atoms. The lowest BCUT2D eigenvalue weighted by Crippen LogP contribution is -2.52. The lowest BCUT2D eigenvalue weighted by Gasteiger charge is -2.29. The van der Waals surface area contributed by atoms with Crippen molar-refractivity contribution in [2.45, 2.75) is 63.6 Å². The molecule has 0 saturated carbocycles. The number of carbonyl (C=O) groups excluding carboxylic acids is 4. The highest BCUT2D eigenvalue weighted by molar-refractivity contribution is 6.06. The highest BCUT2D eigenvalue weighted by Crippen LogP contribution is 2.37. The first-order valence-corrected chi connectivity index (χ1v) is 18.6. The zero-order valence-corrected chi connectivity index (χ0v) is 29.8. The minimum Gasteiger partial charge on any atom is -0.385 e. The van der Waals surface area contributed by atoms with E-state index in [0.717, 1.165) is 85.6 Å². The second kappa shape index (κ2) is 15.1. The summed E-state index contributed by atoms with van der Waals surface area (Å²) in [6.45, 7) is 3.03. The molecule has 2 saturated heterocycles. The van der Waals surface area contributed by atoms with Crippen LogP contribution in [0.2, 0.25) is 0 Å². The number of fused-ring (bicyclic) bond motifs is 2. The van der Waals surface area contributed by atoms with Crippen LogP contribution < -0.4 is 21.7 Å². The SMILES string of the molecule is Nc1nccn2c([C@@H]3CCCN3CCCCCNc3cccc4c3CN(C3CCC(=O)NC3=O)C4=O)nc(-c3ccc(C(=O)Nc4ccccn4)cc3)c12. The van der Waals surface area contributed by atoms with Gasteiger partial charge >= 0.3 is 0 Å². The topological polar surface area (TPSA) is 180 Å². The van der Waals surface area contributed by atoms with Crippen LogP contribution in [0.25, 0.3) is 16.8 Å². The van der Waals surface area contributed by atoms with Gasteiger partial charge in [0.05, 0.1) is 6.04 Å². The number of nitrogens with two attached hydrogens (primary N) is 1. The number of hydrogen-bond donors (Lipinski definition) is 4. The smallest absolute Gasteiger partial charge is 0.256 e. The van der Waals surface area contributed by atoms with E-state index in [9.17, 15) is 19.2 Å². The van der Waals surface area contributed by atoms with Gasteiger partial charge in [0.2, 0.25) is 11.8 Å². The summed E-state index contributed by atoms with van der Waals surface area (Å²) in [5.74, 6) is 0.718. The van der Waals surface area contributed by atoms with Crippen molar-refractivity contribution >= 4 is 46.5 Å². The van der Waals surface area contributed by atoms with Gasteiger partial charge in [-0.05, 0) is 81.6 Å². The molecule has 3 aromatic heterocycles. The third-order valence-electron chi connectivity index (χ3n) is 10.6. The van der Waals surface area contributed by atoms with E-state index >= 15 is 0 Å². The molecule has 2 fully saturated rings. The van der Waals surface area contributed by atoms with Crippen LogP contribution in [0.5, 0.6) is 0 Å². The third kappa shape index (κ3) is 6.87. The molecule has 2 aromatic carbocycles.